The molecule has 0 spiro atoms. The summed E-state index contributed by atoms with van der Waals surface area (Å²) in [5, 5.41) is 11.5. The van der Waals surface area contributed by atoms with Crippen molar-refractivity contribution in [2.75, 3.05) is 0 Å². The summed E-state index contributed by atoms with van der Waals surface area (Å²) in [7, 11) is 0. The summed E-state index contributed by atoms with van der Waals surface area (Å²) in [6, 6.07) is -0.558. The molecular formula is C13H23NO5. The van der Waals surface area contributed by atoms with Gasteiger partial charge in [-0.05, 0) is 40.5 Å². The Labute approximate surface area is 113 Å². The zero-order valence-electron chi connectivity index (χ0n) is 11.9. The van der Waals surface area contributed by atoms with Crippen molar-refractivity contribution in [1.29, 1.82) is 0 Å². The molecule has 0 saturated carbocycles. The monoisotopic (exact) mass is 273 g/mol. The van der Waals surface area contributed by atoms with Crippen molar-refractivity contribution in [3.05, 3.63) is 0 Å². The van der Waals surface area contributed by atoms with Crippen molar-refractivity contribution in [3.63, 3.8) is 0 Å². The Hall–Kier alpha value is -1.30. The third kappa shape index (κ3) is 5.92. The zero-order valence-corrected chi connectivity index (χ0v) is 11.9. The van der Waals surface area contributed by atoms with Gasteiger partial charge in [0.15, 0.2) is 0 Å². The number of alkyl carbamates (subject to hydrolysis) is 1. The summed E-state index contributed by atoms with van der Waals surface area (Å²) in [5.74, 6) is -0.968. The van der Waals surface area contributed by atoms with Crippen molar-refractivity contribution in [2.24, 2.45) is 0 Å². The van der Waals surface area contributed by atoms with E-state index in [1.54, 1.807) is 20.8 Å². The lowest BCUT2D eigenvalue weighted by Gasteiger charge is -2.26. The van der Waals surface area contributed by atoms with Crippen molar-refractivity contribution < 1.29 is 24.2 Å². The molecule has 6 heteroatoms. The average Bonchev–Trinajstić information content (AvgIpc) is 2.60. The molecule has 0 aromatic rings. The fourth-order valence-corrected chi connectivity index (χ4v) is 2.05. The Morgan fingerprint density at radius 2 is 2.05 bits per heavy atom. The molecule has 0 aromatic carbocycles. The molecule has 1 amide bonds. The molecule has 0 radical (unpaired) electrons. The molecule has 3 atom stereocenters. The normalized spacial score (nSPS) is 24.8. The van der Waals surface area contributed by atoms with Gasteiger partial charge in [-0.3, -0.25) is 4.79 Å². The van der Waals surface area contributed by atoms with E-state index in [1.165, 1.54) is 0 Å². The van der Waals surface area contributed by atoms with Crippen LogP contribution in [0.1, 0.15) is 47.0 Å². The first-order chi connectivity index (χ1) is 8.67. The number of carboxylic acid groups (broad SMARTS) is 1. The van der Waals surface area contributed by atoms with E-state index in [0.717, 1.165) is 12.8 Å². The summed E-state index contributed by atoms with van der Waals surface area (Å²) in [6.07, 6.45) is 0.671. The van der Waals surface area contributed by atoms with Crippen LogP contribution < -0.4 is 5.32 Å². The molecule has 19 heavy (non-hydrogen) atoms. The fourth-order valence-electron chi connectivity index (χ4n) is 2.05. The minimum atomic E-state index is -0.968. The Morgan fingerprint density at radius 3 is 2.47 bits per heavy atom. The third-order valence-electron chi connectivity index (χ3n) is 2.81. The van der Waals surface area contributed by atoms with Crippen molar-refractivity contribution >= 4 is 12.1 Å². The van der Waals surface area contributed by atoms with Gasteiger partial charge in [0.1, 0.15) is 5.60 Å². The number of amides is 1. The van der Waals surface area contributed by atoms with Crippen LogP contribution in [-0.4, -0.2) is 41.0 Å². The molecule has 1 aliphatic rings. The first-order valence-corrected chi connectivity index (χ1v) is 6.54. The summed E-state index contributed by atoms with van der Waals surface area (Å²) in [6.45, 7) is 7.21. The maximum absolute atomic E-state index is 11.7. The molecule has 0 bridgehead atoms. The van der Waals surface area contributed by atoms with E-state index < -0.39 is 23.7 Å². The van der Waals surface area contributed by atoms with Crippen LogP contribution in [0.2, 0.25) is 0 Å². The van der Waals surface area contributed by atoms with E-state index in [4.69, 9.17) is 14.6 Å². The highest BCUT2D eigenvalue weighted by Crippen LogP contribution is 2.23. The van der Waals surface area contributed by atoms with E-state index in [2.05, 4.69) is 5.32 Å². The Kier molecular flexibility index (Phi) is 5.17. The topological polar surface area (TPSA) is 84.9 Å². The van der Waals surface area contributed by atoms with E-state index in [0.29, 0.717) is 0 Å². The largest absolute Gasteiger partial charge is 0.481 e. The highest BCUT2D eigenvalue weighted by Gasteiger charge is 2.33. The molecule has 2 unspecified atom stereocenters. The quantitative estimate of drug-likeness (QED) is 0.817. The van der Waals surface area contributed by atoms with Crippen LogP contribution in [0.3, 0.4) is 0 Å². The molecule has 0 aliphatic carbocycles. The van der Waals surface area contributed by atoms with Crippen LogP contribution >= 0.6 is 0 Å². The van der Waals surface area contributed by atoms with E-state index in [-0.39, 0.29) is 18.6 Å². The smallest absolute Gasteiger partial charge is 0.407 e. The van der Waals surface area contributed by atoms with Gasteiger partial charge in [-0.15, -0.1) is 0 Å². The van der Waals surface area contributed by atoms with Crippen LogP contribution in [0.15, 0.2) is 0 Å². The number of ether oxygens (including phenoxy) is 2. The summed E-state index contributed by atoms with van der Waals surface area (Å²) in [5.41, 5.74) is -0.609. The highest BCUT2D eigenvalue weighted by molar-refractivity contribution is 5.71. The zero-order chi connectivity index (χ0) is 14.6. The third-order valence-corrected chi connectivity index (χ3v) is 2.81. The van der Waals surface area contributed by atoms with Gasteiger partial charge in [-0.25, -0.2) is 4.79 Å². The SMILES string of the molecule is CC1CCC([C@H](CC(=O)O)NC(=O)OC(C)(C)C)O1. The first kappa shape index (κ1) is 15.8. The maximum Gasteiger partial charge on any atom is 0.407 e. The van der Waals surface area contributed by atoms with Crippen molar-refractivity contribution in [1.82, 2.24) is 5.32 Å². The number of carbonyl (C=O) groups is 2. The second kappa shape index (κ2) is 6.23. The molecule has 1 fully saturated rings. The molecule has 1 heterocycles. The van der Waals surface area contributed by atoms with Gasteiger partial charge in [0.05, 0.1) is 24.7 Å². The highest BCUT2D eigenvalue weighted by atomic mass is 16.6. The van der Waals surface area contributed by atoms with Crippen LogP contribution in [0.5, 0.6) is 0 Å². The van der Waals surface area contributed by atoms with Crippen LogP contribution in [0.4, 0.5) is 4.79 Å². The molecule has 1 rings (SSSR count). The lowest BCUT2D eigenvalue weighted by Crippen LogP contribution is -2.46. The van der Waals surface area contributed by atoms with Gasteiger partial charge in [-0.2, -0.15) is 0 Å². The lowest BCUT2D eigenvalue weighted by molar-refractivity contribution is -0.138. The van der Waals surface area contributed by atoms with E-state index in [1.807, 2.05) is 6.92 Å². The van der Waals surface area contributed by atoms with Crippen molar-refractivity contribution in [3.8, 4) is 0 Å². The van der Waals surface area contributed by atoms with Crippen LogP contribution in [0.25, 0.3) is 0 Å². The fraction of sp³-hybridized carbons (Fsp3) is 0.846. The number of rotatable bonds is 4. The Balaban J connectivity index is 2.59. The molecule has 1 aliphatic heterocycles. The van der Waals surface area contributed by atoms with E-state index in [9.17, 15) is 9.59 Å². The second-order valence-electron chi connectivity index (χ2n) is 5.91. The van der Waals surface area contributed by atoms with Gasteiger partial charge >= 0.3 is 12.1 Å². The Morgan fingerprint density at radius 1 is 1.42 bits per heavy atom. The predicted octanol–water partition coefficient (Wildman–Crippen LogP) is 1.92. The molecular weight excluding hydrogens is 250 g/mol. The number of nitrogens with one attached hydrogen (secondary N) is 1. The van der Waals surface area contributed by atoms with Crippen LogP contribution in [0, 0.1) is 0 Å². The molecule has 6 nitrogen and oxygen atoms in total. The van der Waals surface area contributed by atoms with Gasteiger partial charge in [0.2, 0.25) is 0 Å². The number of carboxylic acids is 1. The van der Waals surface area contributed by atoms with Gasteiger partial charge in [0, 0.05) is 0 Å². The maximum atomic E-state index is 11.7. The predicted molar refractivity (Wildman–Crippen MR) is 69.0 cm³/mol. The molecule has 0 aromatic heterocycles. The number of carbonyl (C=O) groups excluding carboxylic acids is 1. The van der Waals surface area contributed by atoms with Crippen LogP contribution in [-0.2, 0) is 14.3 Å². The first-order valence-electron chi connectivity index (χ1n) is 6.54. The van der Waals surface area contributed by atoms with Gasteiger partial charge < -0.3 is 19.9 Å². The van der Waals surface area contributed by atoms with Gasteiger partial charge in [0.25, 0.3) is 0 Å². The minimum Gasteiger partial charge on any atom is -0.481 e. The standard InChI is InChI=1S/C13H23NO5/c1-8-5-6-10(18-8)9(7-11(15)16)14-12(17)19-13(2,3)4/h8-10H,5-7H2,1-4H3,(H,14,17)(H,15,16)/t8?,9-,10?/m0/s1. The minimum absolute atomic E-state index is 0.0988. The number of hydrogen-bond donors (Lipinski definition) is 2. The van der Waals surface area contributed by atoms with Gasteiger partial charge in [-0.1, -0.05) is 0 Å². The number of aliphatic carboxylic acids is 1. The molecule has 2 N–H and O–H groups in total. The van der Waals surface area contributed by atoms with Crippen molar-refractivity contribution in [2.45, 2.75) is 70.8 Å². The molecule has 1 saturated heterocycles. The summed E-state index contributed by atoms with van der Waals surface area (Å²) < 4.78 is 10.8. The molecule has 110 valence electrons. The second-order valence-corrected chi connectivity index (χ2v) is 5.91. The number of hydrogen-bond acceptors (Lipinski definition) is 4. The average molecular weight is 273 g/mol. The Bertz CT molecular complexity index is 336. The summed E-state index contributed by atoms with van der Waals surface area (Å²) in [4.78, 5) is 22.6. The van der Waals surface area contributed by atoms with E-state index >= 15 is 0 Å². The summed E-state index contributed by atoms with van der Waals surface area (Å²) >= 11 is 0. The lowest BCUT2D eigenvalue weighted by atomic mass is 10.0.